The first kappa shape index (κ1) is 12.5. The second kappa shape index (κ2) is 4.52. The lowest BCUT2D eigenvalue weighted by Gasteiger charge is -2.25. The highest BCUT2D eigenvalue weighted by molar-refractivity contribution is 9.10. The molecule has 0 amide bonds. The van der Waals surface area contributed by atoms with Crippen molar-refractivity contribution >= 4 is 15.9 Å². The normalized spacial score (nSPS) is 16.4. The summed E-state index contributed by atoms with van der Waals surface area (Å²) in [6, 6.07) is -2.76. The Morgan fingerprint density at radius 3 is 2.53 bits per heavy atom. The number of nitrogens with two attached hydrogens (primary N) is 1. The highest BCUT2D eigenvalue weighted by atomic mass is 79.9. The minimum atomic E-state index is -4.39. The zero-order valence-electron chi connectivity index (χ0n) is 8.00. The molecule has 1 aromatic rings. The monoisotopic (exact) mass is 285 g/mol. The third-order valence-corrected chi connectivity index (χ3v) is 2.48. The highest BCUT2D eigenvalue weighted by Gasteiger charge is 2.44. The summed E-state index contributed by atoms with van der Waals surface area (Å²) in [5.74, 6) is 0. The molecule has 1 heterocycles. The van der Waals surface area contributed by atoms with Crippen LogP contribution in [-0.4, -0.2) is 22.0 Å². The fourth-order valence-electron chi connectivity index (χ4n) is 1.28. The topological polar surface area (TPSA) is 43.8 Å². The SMILES string of the molecule is CCC(N)C(n1cc(Br)cn1)C(F)(F)F. The van der Waals surface area contributed by atoms with Crippen LogP contribution in [0.5, 0.6) is 0 Å². The molecular formula is C8H11BrF3N3. The molecule has 2 N–H and O–H groups in total. The lowest BCUT2D eigenvalue weighted by atomic mass is 10.1. The highest BCUT2D eigenvalue weighted by Crippen LogP contribution is 2.33. The van der Waals surface area contributed by atoms with E-state index in [0.717, 1.165) is 4.68 Å². The molecule has 2 unspecified atom stereocenters. The lowest BCUT2D eigenvalue weighted by molar-refractivity contribution is -0.175. The van der Waals surface area contributed by atoms with Crippen molar-refractivity contribution in [3.63, 3.8) is 0 Å². The molecule has 0 radical (unpaired) electrons. The number of hydrogen-bond donors (Lipinski definition) is 1. The molecule has 1 rings (SSSR count). The first-order chi connectivity index (χ1) is 6.86. The van der Waals surface area contributed by atoms with Gasteiger partial charge in [-0.3, -0.25) is 4.68 Å². The van der Waals surface area contributed by atoms with E-state index in [9.17, 15) is 13.2 Å². The first-order valence-corrected chi connectivity index (χ1v) is 5.17. The Labute approximate surface area is 93.6 Å². The smallest absolute Gasteiger partial charge is 0.326 e. The van der Waals surface area contributed by atoms with Crippen LogP contribution >= 0.6 is 15.9 Å². The standard InChI is InChI=1S/C8H11BrF3N3/c1-2-6(13)7(8(10,11)12)15-4-5(9)3-14-15/h3-4,6-7H,2,13H2,1H3. The van der Waals surface area contributed by atoms with Crippen LogP contribution in [0.3, 0.4) is 0 Å². The van der Waals surface area contributed by atoms with Gasteiger partial charge >= 0.3 is 6.18 Å². The molecule has 0 aromatic carbocycles. The van der Waals surface area contributed by atoms with E-state index in [2.05, 4.69) is 21.0 Å². The fraction of sp³-hybridized carbons (Fsp3) is 0.625. The molecule has 7 heteroatoms. The molecule has 0 saturated heterocycles. The Hall–Kier alpha value is -0.560. The van der Waals surface area contributed by atoms with Crippen LogP contribution in [0.2, 0.25) is 0 Å². The number of halogens is 4. The molecule has 0 aliphatic rings. The minimum Gasteiger partial charge on any atom is -0.326 e. The van der Waals surface area contributed by atoms with Crippen molar-refractivity contribution in [2.45, 2.75) is 31.6 Å². The van der Waals surface area contributed by atoms with Crippen LogP contribution < -0.4 is 5.73 Å². The van der Waals surface area contributed by atoms with Gasteiger partial charge in [-0.15, -0.1) is 0 Å². The summed E-state index contributed by atoms with van der Waals surface area (Å²) in [6.45, 7) is 1.61. The maximum Gasteiger partial charge on any atom is 0.412 e. The van der Waals surface area contributed by atoms with Crippen molar-refractivity contribution in [1.82, 2.24) is 9.78 Å². The van der Waals surface area contributed by atoms with Gasteiger partial charge in [-0.1, -0.05) is 6.92 Å². The third-order valence-electron chi connectivity index (χ3n) is 2.07. The molecule has 0 fully saturated rings. The summed E-state index contributed by atoms with van der Waals surface area (Å²) in [6.07, 6.45) is -1.57. The fourth-order valence-corrected chi connectivity index (χ4v) is 1.58. The van der Waals surface area contributed by atoms with Gasteiger partial charge in [0.2, 0.25) is 0 Å². The summed E-state index contributed by atoms with van der Waals surface area (Å²) in [4.78, 5) is 0. The van der Waals surface area contributed by atoms with E-state index < -0.39 is 18.3 Å². The van der Waals surface area contributed by atoms with Gasteiger partial charge in [0.05, 0.1) is 10.7 Å². The van der Waals surface area contributed by atoms with Crippen LogP contribution in [0.1, 0.15) is 19.4 Å². The molecule has 0 bridgehead atoms. The van der Waals surface area contributed by atoms with E-state index in [1.165, 1.54) is 12.4 Å². The Morgan fingerprint density at radius 2 is 2.20 bits per heavy atom. The largest absolute Gasteiger partial charge is 0.412 e. The molecule has 0 saturated carbocycles. The molecule has 3 nitrogen and oxygen atoms in total. The zero-order valence-corrected chi connectivity index (χ0v) is 9.59. The second-order valence-corrected chi connectivity index (χ2v) is 4.11. The molecule has 0 aliphatic heterocycles. The average molecular weight is 286 g/mol. The minimum absolute atomic E-state index is 0.238. The summed E-state index contributed by atoms with van der Waals surface area (Å²) < 4.78 is 39.4. The van der Waals surface area contributed by atoms with Crippen molar-refractivity contribution in [3.05, 3.63) is 16.9 Å². The van der Waals surface area contributed by atoms with Gasteiger partial charge in [-0.25, -0.2) is 0 Å². The zero-order chi connectivity index (χ0) is 11.6. The molecule has 15 heavy (non-hydrogen) atoms. The van der Waals surface area contributed by atoms with Gasteiger partial charge in [0.15, 0.2) is 6.04 Å². The Morgan fingerprint density at radius 1 is 1.60 bits per heavy atom. The number of nitrogens with zero attached hydrogens (tertiary/aromatic N) is 2. The van der Waals surface area contributed by atoms with Gasteiger partial charge < -0.3 is 5.73 Å². The summed E-state index contributed by atoms with van der Waals surface area (Å²) in [5.41, 5.74) is 5.45. The number of aromatic nitrogens is 2. The van der Waals surface area contributed by atoms with Gasteiger partial charge in [-0.2, -0.15) is 18.3 Å². The van der Waals surface area contributed by atoms with Crippen LogP contribution in [0.4, 0.5) is 13.2 Å². The van der Waals surface area contributed by atoms with E-state index in [-0.39, 0.29) is 6.42 Å². The molecule has 1 aromatic heterocycles. The number of rotatable bonds is 3. The van der Waals surface area contributed by atoms with Gasteiger partial charge in [-0.05, 0) is 22.4 Å². The van der Waals surface area contributed by atoms with E-state index in [1.807, 2.05) is 0 Å². The van der Waals surface area contributed by atoms with Gasteiger partial charge in [0.25, 0.3) is 0 Å². The van der Waals surface area contributed by atoms with Crippen LogP contribution in [0, 0.1) is 0 Å². The summed E-state index contributed by atoms with van der Waals surface area (Å²) >= 11 is 3.05. The van der Waals surface area contributed by atoms with Crippen LogP contribution in [0.25, 0.3) is 0 Å². The van der Waals surface area contributed by atoms with E-state index in [0.29, 0.717) is 4.47 Å². The summed E-state index contributed by atoms with van der Waals surface area (Å²) in [5, 5.41) is 3.62. The van der Waals surface area contributed by atoms with Gasteiger partial charge in [0, 0.05) is 12.2 Å². The first-order valence-electron chi connectivity index (χ1n) is 4.38. The molecule has 86 valence electrons. The Kier molecular flexibility index (Phi) is 3.77. The predicted octanol–water partition coefficient (Wildman–Crippen LogP) is 2.49. The van der Waals surface area contributed by atoms with Crippen LogP contribution in [0.15, 0.2) is 16.9 Å². The average Bonchev–Trinajstić information content (AvgIpc) is 2.49. The quantitative estimate of drug-likeness (QED) is 0.927. The second-order valence-electron chi connectivity index (χ2n) is 3.20. The number of alkyl halides is 3. The predicted molar refractivity (Wildman–Crippen MR) is 53.3 cm³/mol. The van der Waals surface area contributed by atoms with Crippen LogP contribution in [-0.2, 0) is 0 Å². The van der Waals surface area contributed by atoms with Gasteiger partial charge in [0.1, 0.15) is 0 Å². The molecule has 0 aliphatic carbocycles. The van der Waals surface area contributed by atoms with Crippen molar-refractivity contribution in [2.75, 3.05) is 0 Å². The maximum absolute atomic E-state index is 12.7. The van der Waals surface area contributed by atoms with Crippen molar-refractivity contribution in [3.8, 4) is 0 Å². The summed E-state index contributed by atoms with van der Waals surface area (Å²) in [7, 11) is 0. The van der Waals surface area contributed by atoms with Crippen molar-refractivity contribution in [2.24, 2.45) is 5.73 Å². The molecular weight excluding hydrogens is 275 g/mol. The molecule has 0 spiro atoms. The number of hydrogen-bond acceptors (Lipinski definition) is 2. The maximum atomic E-state index is 12.7. The van der Waals surface area contributed by atoms with Crippen molar-refractivity contribution < 1.29 is 13.2 Å². The Bertz CT molecular complexity index is 323. The third kappa shape index (κ3) is 2.94. The van der Waals surface area contributed by atoms with E-state index in [1.54, 1.807) is 6.92 Å². The van der Waals surface area contributed by atoms with Crippen molar-refractivity contribution in [1.29, 1.82) is 0 Å². The molecule has 2 atom stereocenters. The Balaban J connectivity index is 3.01. The van der Waals surface area contributed by atoms with E-state index >= 15 is 0 Å². The van der Waals surface area contributed by atoms with E-state index in [4.69, 9.17) is 5.73 Å². The lowest BCUT2D eigenvalue weighted by Crippen LogP contribution is -2.41.